The second-order valence-electron chi connectivity index (χ2n) is 5.86. The van der Waals surface area contributed by atoms with Crippen molar-refractivity contribution in [3.63, 3.8) is 0 Å². The molecule has 0 N–H and O–H groups in total. The van der Waals surface area contributed by atoms with Crippen LogP contribution in [0.25, 0.3) is 11.1 Å². The molecule has 0 radical (unpaired) electrons. The maximum Gasteiger partial charge on any atom is 0.0779 e. The van der Waals surface area contributed by atoms with Gasteiger partial charge in [-0.15, -0.1) is 0 Å². The Kier molecular flexibility index (Phi) is 2.52. The van der Waals surface area contributed by atoms with E-state index in [4.69, 9.17) is 4.11 Å². The van der Waals surface area contributed by atoms with E-state index in [1.54, 1.807) is 12.1 Å². The third-order valence-electron chi connectivity index (χ3n) is 3.25. The van der Waals surface area contributed by atoms with Crippen molar-refractivity contribution in [1.82, 2.24) is 0 Å². The lowest BCUT2D eigenvalue weighted by molar-refractivity contribution is 1.45. The maximum absolute atomic E-state index is 7.42. The molecule has 0 aromatic heterocycles. The van der Waals surface area contributed by atoms with Crippen LogP contribution in [0.2, 0.25) is 19.6 Å². The van der Waals surface area contributed by atoms with Crippen molar-refractivity contribution >= 4 is 13.3 Å². The van der Waals surface area contributed by atoms with Crippen LogP contribution in [0.15, 0.2) is 42.5 Å². The summed E-state index contributed by atoms with van der Waals surface area (Å²) in [5, 5.41) is 1.48. The summed E-state index contributed by atoms with van der Waals surface area (Å²) in [6.07, 6.45) is 0. The second kappa shape index (κ2) is 4.73. The Bertz CT molecular complexity index is 635. The van der Waals surface area contributed by atoms with Crippen molar-refractivity contribution in [2.75, 3.05) is 0 Å². The molecule has 0 fully saturated rings. The van der Waals surface area contributed by atoms with E-state index in [2.05, 4.69) is 44.8 Å². The first-order valence-electron chi connectivity index (χ1n) is 7.81. The van der Waals surface area contributed by atoms with E-state index in [0.717, 1.165) is 11.1 Å². The minimum absolute atomic E-state index is 0.390. The summed E-state index contributed by atoms with van der Waals surface area (Å²) in [6.45, 7) is 7.17. The van der Waals surface area contributed by atoms with Gasteiger partial charge in [-0.05, 0) is 24.9 Å². The van der Waals surface area contributed by atoms with Gasteiger partial charge in [0.2, 0.25) is 0 Å². The molecule has 1 heteroatoms. The normalized spacial score (nSPS) is 14.8. The summed E-state index contributed by atoms with van der Waals surface area (Å²) < 4.78 is 22.3. The van der Waals surface area contributed by atoms with E-state index in [-0.39, 0.29) is 0 Å². The molecule has 0 bridgehead atoms. The quantitative estimate of drug-likeness (QED) is 0.694. The number of hydrogen-bond acceptors (Lipinski definition) is 0. The standard InChI is InChI=1S/C17H22Si/c1-13-6-8-15(9-7-13)16-10-11-17(14(2)12-16)18(3,4)5/h6-12H,1-5H3/i1D3. The molecule has 94 valence electrons. The molecule has 2 rings (SSSR count). The lowest BCUT2D eigenvalue weighted by Gasteiger charge is -2.20. The molecule has 0 nitrogen and oxygen atoms in total. The maximum atomic E-state index is 7.42. The predicted octanol–water partition coefficient (Wildman–Crippen LogP) is 4.52. The number of rotatable bonds is 2. The molecule has 0 saturated heterocycles. The molecule has 0 unspecified atom stereocenters. The molecule has 2 aromatic carbocycles. The lowest BCUT2D eigenvalue weighted by Crippen LogP contribution is -2.39. The largest absolute Gasteiger partial charge is 0.0779 e. The van der Waals surface area contributed by atoms with E-state index in [1.807, 2.05) is 12.1 Å². The first-order chi connectivity index (χ1) is 9.59. The topological polar surface area (TPSA) is 0 Å². The third-order valence-corrected chi connectivity index (χ3v) is 5.43. The van der Waals surface area contributed by atoms with E-state index < -0.39 is 14.9 Å². The van der Waals surface area contributed by atoms with Gasteiger partial charge in [-0.1, -0.05) is 78.4 Å². The van der Waals surface area contributed by atoms with Gasteiger partial charge in [-0.2, -0.15) is 0 Å². The molecule has 0 spiro atoms. The molecule has 18 heavy (non-hydrogen) atoms. The molecule has 0 saturated carbocycles. The van der Waals surface area contributed by atoms with Gasteiger partial charge >= 0.3 is 0 Å². The minimum Gasteiger partial charge on any atom is -0.0656 e. The summed E-state index contributed by atoms with van der Waals surface area (Å²) in [7, 11) is -1.31. The Morgan fingerprint density at radius 1 is 0.889 bits per heavy atom. The highest BCUT2D eigenvalue weighted by Crippen LogP contribution is 2.21. The van der Waals surface area contributed by atoms with E-state index in [9.17, 15) is 0 Å². The van der Waals surface area contributed by atoms with Crippen LogP contribution in [0.3, 0.4) is 0 Å². The molecule has 2 aromatic rings. The van der Waals surface area contributed by atoms with E-state index in [0.29, 0.717) is 5.56 Å². The second-order valence-corrected chi connectivity index (χ2v) is 10.9. The highest BCUT2D eigenvalue weighted by Gasteiger charge is 2.18. The smallest absolute Gasteiger partial charge is 0.0656 e. The Morgan fingerprint density at radius 2 is 1.50 bits per heavy atom. The monoisotopic (exact) mass is 257 g/mol. The van der Waals surface area contributed by atoms with Crippen LogP contribution in [0.4, 0.5) is 0 Å². The van der Waals surface area contributed by atoms with Crippen molar-refractivity contribution in [2.24, 2.45) is 0 Å². The van der Waals surface area contributed by atoms with Crippen LogP contribution >= 0.6 is 0 Å². The van der Waals surface area contributed by atoms with Crippen LogP contribution in [0, 0.1) is 13.8 Å². The van der Waals surface area contributed by atoms with Crippen molar-refractivity contribution < 1.29 is 4.11 Å². The highest BCUT2D eigenvalue weighted by atomic mass is 28.3. The summed E-state index contributed by atoms with van der Waals surface area (Å²) in [5.41, 5.74) is 3.92. The summed E-state index contributed by atoms with van der Waals surface area (Å²) in [4.78, 5) is 0. The minimum atomic E-state index is -2.03. The van der Waals surface area contributed by atoms with Crippen LogP contribution in [0.1, 0.15) is 15.2 Å². The van der Waals surface area contributed by atoms with Crippen molar-refractivity contribution in [2.45, 2.75) is 33.4 Å². The van der Waals surface area contributed by atoms with Crippen LogP contribution in [-0.4, -0.2) is 8.07 Å². The Balaban J connectivity index is 2.37. The molecule has 0 aliphatic carbocycles. The number of benzene rings is 2. The van der Waals surface area contributed by atoms with Crippen molar-refractivity contribution in [1.29, 1.82) is 0 Å². The zero-order chi connectivity index (χ0) is 15.8. The highest BCUT2D eigenvalue weighted by molar-refractivity contribution is 6.89. The summed E-state index contributed by atoms with van der Waals surface area (Å²) in [6, 6.07) is 13.8. The Labute approximate surface area is 116 Å². The van der Waals surface area contributed by atoms with Crippen molar-refractivity contribution in [3.8, 4) is 11.1 Å². The SMILES string of the molecule is [2H]C([2H])([2H])c1ccc(-c2ccc([Si](C)(C)C)c(C)c2)cc1. The van der Waals surface area contributed by atoms with Crippen LogP contribution < -0.4 is 5.19 Å². The Hall–Kier alpha value is -1.34. The van der Waals surface area contributed by atoms with Gasteiger partial charge in [0.25, 0.3) is 0 Å². The number of hydrogen-bond donors (Lipinski definition) is 0. The van der Waals surface area contributed by atoms with E-state index >= 15 is 0 Å². The fourth-order valence-electron chi connectivity index (χ4n) is 2.35. The fourth-order valence-corrected chi connectivity index (χ4v) is 4.19. The predicted molar refractivity (Wildman–Crippen MR) is 84.3 cm³/mol. The van der Waals surface area contributed by atoms with Gasteiger partial charge in [0, 0.05) is 4.11 Å². The van der Waals surface area contributed by atoms with Gasteiger partial charge in [0.05, 0.1) is 8.07 Å². The molecular weight excluding hydrogens is 232 g/mol. The van der Waals surface area contributed by atoms with Gasteiger partial charge in [0.1, 0.15) is 0 Å². The van der Waals surface area contributed by atoms with E-state index in [1.165, 1.54) is 10.8 Å². The molecule has 0 heterocycles. The van der Waals surface area contributed by atoms with Gasteiger partial charge in [-0.3, -0.25) is 0 Å². The fraction of sp³-hybridized carbons (Fsp3) is 0.294. The summed E-state index contributed by atoms with van der Waals surface area (Å²) >= 11 is 0. The molecule has 0 aliphatic rings. The first-order valence-corrected chi connectivity index (χ1v) is 9.81. The zero-order valence-electron chi connectivity index (χ0n) is 14.5. The Morgan fingerprint density at radius 3 is 2.00 bits per heavy atom. The van der Waals surface area contributed by atoms with Crippen LogP contribution in [0.5, 0.6) is 0 Å². The average Bonchev–Trinajstić information content (AvgIpc) is 2.36. The average molecular weight is 257 g/mol. The molecule has 0 amide bonds. The molecule has 0 atom stereocenters. The van der Waals surface area contributed by atoms with Gasteiger partial charge in [-0.25, -0.2) is 0 Å². The zero-order valence-corrected chi connectivity index (χ0v) is 12.5. The van der Waals surface area contributed by atoms with Crippen LogP contribution in [-0.2, 0) is 0 Å². The first kappa shape index (κ1) is 9.57. The third kappa shape index (κ3) is 2.73. The van der Waals surface area contributed by atoms with Gasteiger partial charge in [0.15, 0.2) is 0 Å². The molecule has 0 aliphatic heterocycles. The van der Waals surface area contributed by atoms with Gasteiger partial charge < -0.3 is 0 Å². The summed E-state index contributed by atoms with van der Waals surface area (Å²) in [5.74, 6) is 0. The van der Waals surface area contributed by atoms with Crippen molar-refractivity contribution in [3.05, 3.63) is 53.6 Å². The lowest BCUT2D eigenvalue weighted by atomic mass is 10.0. The molecular formula is C17H22Si. The number of aryl methyl sites for hydroxylation is 2.